The van der Waals surface area contributed by atoms with Crippen molar-refractivity contribution in [3.8, 4) is 5.75 Å². The van der Waals surface area contributed by atoms with E-state index in [1.165, 1.54) is 31.2 Å². The lowest BCUT2D eigenvalue weighted by Crippen LogP contribution is -2.48. The number of hydrogen-bond donors (Lipinski definition) is 3. The molecule has 5 amide bonds. The molecule has 4 N–H and O–H groups in total. The number of methoxy groups -OCH3 is 1. The molecule has 1 aliphatic rings. The molecule has 9 heteroatoms. The summed E-state index contributed by atoms with van der Waals surface area (Å²) in [6.07, 6.45) is 0.941. The van der Waals surface area contributed by atoms with E-state index in [9.17, 15) is 19.2 Å². The van der Waals surface area contributed by atoms with Crippen LogP contribution in [0.5, 0.6) is 5.75 Å². The van der Waals surface area contributed by atoms with Gasteiger partial charge in [-0.15, -0.1) is 0 Å². The maximum atomic E-state index is 13.1. The van der Waals surface area contributed by atoms with Crippen molar-refractivity contribution in [3.63, 3.8) is 0 Å². The Morgan fingerprint density at radius 3 is 2.31 bits per heavy atom. The molecule has 0 saturated carbocycles. The van der Waals surface area contributed by atoms with Gasteiger partial charge in [0.2, 0.25) is 11.8 Å². The standard InChI is InChI=1S/C23H26N4O5/c1-14(20(29)25-17-8-6-16(7-9-17)19(24)28)27-21(30)23(2,26-22(27)31)13-12-15-4-10-18(32-3)11-5-15/h4-11,14H,12-13H2,1-3H3,(H2,24,28)(H,25,29)(H,26,31)/t14-,23-/m1/s1. The molecule has 0 aliphatic carbocycles. The monoisotopic (exact) mass is 438 g/mol. The van der Waals surface area contributed by atoms with Crippen molar-refractivity contribution >= 4 is 29.4 Å². The minimum atomic E-state index is -1.12. The van der Waals surface area contributed by atoms with Crippen LogP contribution in [-0.2, 0) is 16.0 Å². The van der Waals surface area contributed by atoms with E-state index in [2.05, 4.69) is 10.6 Å². The van der Waals surface area contributed by atoms with E-state index in [-0.39, 0.29) is 0 Å². The molecule has 2 aromatic rings. The number of imide groups is 1. The van der Waals surface area contributed by atoms with Crippen LogP contribution in [0.15, 0.2) is 48.5 Å². The van der Waals surface area contributed by atoms with Gasteiger partial charge in [0.15, 0.2) is 0 Å². The Bertz CT molecular complexity index is 1040. The summed E-state index contributed by atoms with van der Waals surface area (Å²) in [6.45, 7) is 3.14. The first kappa shape index (κ1) is 22.8. The third kappa shape index (κ3) is 4.72. The summed E-state index contributed by atoms with van der Waals surface area (Å²) >= 11 is 0. The van der Waals surface area contributed by atoms with Crippen LogP contribution in [0.1, 0.15) is 36.2 Å². The fraction of sp³-hybridized carbons (Fsp3) is 0.304. The van der Waals surface area contributed by atoms with Crippen LogP contribution < -0.4 is 21.1 Å². The van der Waals surface area contributed by atoms with E-state index >= 15 is 0 Å². The second kappa shape index (κ2) is 9.09. The van der Waals surface area contributed by atoms with Gasteiger partial charge in [0.1, 0.15) is 17.3 Å². The molecule has 0 bridgehead atoms. The van der Waals surface area contributed by atoms with E-state index in [0.29, 0.717) is 24.1 Å². The SMILES string of the molecule is COc1ccc(CC[C@@]2(C)NC(=O)N([C@H](C)C(=O)Nc3ccc(C(N)=O)cc3)C2=O)cc1. The van der Waals surface area contributed by atoms with Crippen LogP contribution >= 0.6 is 0 Å². The minimum Gasteiger partial charge on any atom is -0.497 e. The van der Waals surface area contributed by atoms with Gasteiger partial charge in [-0.25, -0.2) is 9.69 Å². The van der Waals surface area contributed by atoms with Gasteiger partial charge in [-0.05, 0) is 68.7 Å². The van der Waals surface area contributed by atoms with Crippen molar-refractivity contribution in [2.75, 3.05) is 12.4 Å². The molecule has 2 atom stereocenters. The van der Waals surface area contributed by atoms with Crippen molar-refractivity contribution in [1.29, 1.82) is 0 Å². The zero-order chi connectivity index (χ0) is 23.5. The number of anilines is 1. The number of nitrogens with two attached hydrogens (primary N) is 1. The first-order chi connectivity index (χ1) is 15.1. The number of ether oxygens (including phenoxy) is 1. The largest absolute Gasteiger partial charge is 0.497 e. The summed E-state index contributed by atoms with van der Waals surface area (Å²) in [5.74, 6) is -0.826. The molecule has 0 radical (unpaired) electrons. The van der Waals surface area contributed by atoms with Crippen LogP contribution in [0, 0.1) is 0 Å². The molecule has 0 unspecified atom stereocenters. The zero-order valence-corrected chi connectivity index (χ0v) is 18.2. The number of carbonyl (C=O) groups excluding carboxylic acids is 4. The number of carbonyl (C=O) groups is 4. The van der Waals surface area contributed by atoms with Crippen LogP contribution in [0.3, 0.4) is 0 Å². The van der Waals surface area contributed by atoms with Gasteiger partial charge in [0, 0.05) is 11.3 Å². The van der Waals surface area contributed by atoms with Gasteiger partial charge in [0.05, 0.1) is 7.11 Å². The number of rotatable bonds is 8. The quantitative estimate of drug-likeness (QED) is 0.543. The number of urea groups is 1. The molecule has 1 fully saturated rings. The summed E-state index contributed by atoms with van der Waals surface area (Å²) in [6, 6.07) is 11.8. The van der Waals surface area contributed by atoms with Crippen LogP contribution in [0.4, 0.5) is 10.5 Å². The number of nitrogens with zero attached hydrogens (tertiary/aromatic N) is 1. The zero-order valence-electron chi connectivity index (χ0n) is 18.2. The highest BCUT2D eigenvalue weighted by atomic mass is 16.5. The highest BCUT2D eigenvalue weighted by Gasteiger charge is 2.50. The van der Waals surface area contributed by atoms with E-state index < -0.39 is 35.3 Å². The molecule has 2 aromatic carbocycles. The van der Waals surface area contributed by atoms with Gasteiger partial charge in [-0.3, -0.25) is 14.4 Å². The third-order valence-electron chi connectivity index (χ3n) is 5.57. The maximum absolute atomic E-state index is 13.1. The number of benzene rings is 2. The lowest BCUT2D eigenvalue weighted by atomic mass is 9.93. The van der Waals surface area contributed by atoms with Crippen molar-refractivity contribution in [2.45, 2.75) is 38.3 Å². The van der Waals surface area contributed by atoms with Gasteiger partial charge < -0.3 is 21.1 Å². The number of aryl methyl sites for hydroxylation is 1. The fourth-order valence-electron chi connectivity index (χ4n) is 3.50. The fourth-order valence-corrected chi connectivity index (χ4v) is 3.50. The molecule has 9 nitrogen and oxygen atoms in total. The minimum absolute atomic E-state index is 0.303. The lowest BCUT2D eigenvalue weighted by molar-refractivity contribution is -0.136. The molecule has 1 aliphatic heterocycles. The predicted octanol–water partition coefficient (Wildman–Crippen LogP) is 2.06. The Kier molecular flexibility index (Phi) is 6.47. The van der Waals surface area contributed by atoms with Gasteiger partial charge in [-0.2, -0.15) is 0 Å². The first-order valence-corrected chi connectivity index (χ1v) is 10.1. The smallest absolute Gasteiger partial charge is 0.325 e. The molecule has 3 rings (SSSR count). The van der Waals surface area contributed by atoms with Crippen LogP contribution in [0.25, 0.3) is 0 Å². The molecule has 0 spiro atoms. The Morgan fingerprint density at radius 2 is 1.75 bits per heavy atom. The molecule has 1 heterocycles. The summed E-state index contributed by atoms with van der Waals surface area (Å²) in [5, 5.41) is 5.37. The van der Waals surface area contributed by atoms with E-state index in [4.69, 9.17) is 10.5 Å². The lowest BCUT2D eigenvalue weighted by Gasteiger charge is -2.24. The van der Waals surface area contributed by atoms with E-state index in [1.54, 1.807) is 14.0 Å². The maximum Gasteiger partial charge on any atom is 0.325 e. The average Bonchev–Trinajstić information content (AvgIpc) is 3.00. The van der Waals surface area contributed by atoms with Crippen molar-refractivity contribution < 1.29 is 23.9 Å². The van der Waals surface area contributed by atoms with E-state index in [0.717, 1.165) is 16.2 Å². The third-order valence-corrected chi connectivity index (χ3v) is 5.57. The van der Waals surface area contributed by atoms with E-state index in [1.807, 2.05) is 24.3 Å². The Morgan fingerprint density at radius 1 is 1.12 bits per heavy atom. The normalized spacial score (nSPS) is 18.8. The van der Waals surface area contributed by atoms with Gasteiger partial charge >= 0.3 is 6.03 Å². The van der Waals surface area contributed by atoms with Gasteiger partial charge in [0.25, 0.3) is 5.91 Å². The molecular formula is C23H26N4O5. The average molecular weight is 438 g/mol. The summed E-state index contributed by atoms with van der Waals surface area (Å²) in [7, 11) is 1.59. The Labute approximate surface area is 185 Å². The summed E-state index contributed by atoms with van der Waals surface area (Å²) < 4.78 is 5.14. The highest BCUT2D eigenvalue weighted by molar-refractivity contribution is 6.11. The molecule has 0 aromatic heterocycles. The first-order valence-electron chi connectivity index (χ1n) is 10.1. The second-order valence-electron chi connectivity index (χ2n) is 7.89. The number of hydrogen-bond acceptors (Lipinski definition) is 5. The molecule has 32 heavy (non-hydrogen) atoms. The second-order valence-corrected chi connectivity index (χ2v) is 7.89. The Balaban J connectivity index is 1.65. The number of nitrogens with one attached hydrogen (secondary N) is 2. The van der Waals surface area contributed by atoms with Crippen molar-refractivity contribution in [2.24, 2.45) is 5.73 Å². The number of primary amides is 1. The van der Waals surface area contributed by atoms with Crippen molar-refractivity contribution in [1.82, 2.24) is 10.2 Å². The Hall–Kier alpha value is -3.88. The molecule has 168 valence electrons. The summed E-state index contributed by atoms with van der Waals surface area (Å²) in [5.41, 5.74) is 5.81. The van der Waals surface area contributed by atoms with Crippen LogP contribution in [0.2, 0.25) is 0 Å². The number of amides is 5. The van der Waals surface area contributed by atoms with Gasteiger partial charge in [-0.1, -0.05) is 12.1 Å². The molecular weight excluding hydrogens is 412 g/mol. The van der Waals surface area contributed by atoms with Crippen molar-refractivity contribution in [3.05, 3.63) is 59.7 Å². The molecule has 1 saturated heterocycles. The summed E-state index contributed by atoms with van der Waals surface area (Å²) in [4.78, 5) is 50.4. The topological polar surface area (TPSA) is 131 Å². The van der Waals surface area contributed by atoms with Crippen LogP contribution in [-0.4, -0.2) is 47.3 Å². The predicted molar refractivity (Wildman–Crippen MR) is 118 cm³/mol. The highest BCUT2D eigenvalue weighted by Crippen LogP contribution is 2.26.